The monoisotopic (exact) mass is 369 g/mol. The molecule has 5 nitrogen and oxygen atoms in total. The maximum absolute atomic E-state index is 6.33. The Labute approximate surface area is 152 Å². The van der Waals surface area contributed by atoms with E-state index in [4.69, 9.17) is 21.1 Å². The SMILES string of the molecule is CN=C(NCc1cc(Cl)c2c(c1)OCCCO2)NCC1CCCS1. The van der Waals surface area contributed by atoms with Crippen molar-refractivity contribution in [2.75, 3.05) is 32.6 Å². The van der Waals surface area contributed by atoms with E-state index in [0.29, 0.717) is 35.8 Å². The molecule has 2 aliphatic heterocycles. The van der Waals surface area contributed by atoms with Crippen molar-refractivity contribution in [1.29, 1.82) is 0 Å². The Morgan fingerprint density at radius 2 is 2.17 bits per heavy atom. The van der Waals surface area contributed by atoms with E-state index in [1.165, 1.54) is 18.6 Å². The molecular formula is C17H24ClN3O2S. The number of thioether (sulfide) groups is 1. The summed E-state index contributed by atoms with van der Waals surface area (Å²) in [7, 11) is 1.79. The van der Waals surface area contributed by atoms with Crippen molar-refractivity contribution in [2.45, 2.75) is 31.1 Å². The number of hydrogen-bond acceptors (Lipinski definition) is 4. The molecule has 2 aliphatic rings. The summed E-state index contributed by atoms with van der Waals surface area (Å²) in [6, 6.07) is 3.90. The lowest BCUT2D eigenvalue weighted by atomic mass is 10.2. The fourth-order valence-corrected chi connectivity index (χ4v) is 4.30. The second-order valence-electron chi connectivity index (χ2n) is 5.90. The third kappa shape index (κ3) is 4.63. The normalized spacial score (nSPS) is 20.6. The van der Waals surface area contributed by atoms with Crippen LogP contribution in [-0.2, 0) is 6.54 Å². The molecule has 1 fully saturated rings. The molecule has 24 heavy (non-hydrogen) atoms. The second-order valence-corrected chi connectivity index (χ2v) is 7.71. The minimum atomic E-state index is 0.594. The summed E-state index contributed by atoms with van der Waals surface area (Å²) >= 11 is 8.37. The number of guanidine groups is 1. The Morgan fingerprint density at radius 1 is 1.29 bits per heavy atom. The first-order valence-corrected chi connectivity index (χ1v) is 9.83. The number of ether oxygens (including phenoxy) is 2. The number of halogens is 1. The standard InChI is InChI=1S/C17H24ClN3O2S/c1-19-17(21-11-13-4-2-7-24-13)20-10-12-8-14(18)16-15(9-12)22-5-3-6-23-16/h8-9,13H,2-7,10-11H2,1H3,(H2,19,20,21). The highest BCUT2D eigenvalue weighted by atomic mass is 35.5. The topological polar surface area (TPSA) is 54.9 Å². The van der Waals surface area contributed by atoms with Gasteiger partial charge >= 0.3 is 0 Å². The molecule has 2 N–H and O–H groups in total. The lowest BCUT2D eigenvalue weighted by molar-refractivity contribution is 0.297. The summed E-state index contributed by atoms with van der Waals surface area (Å²) in [5, 5.41) is 8.02. The van der Waals surface area contributed by atoms with Crippen LogP contribution in [0.1, 0.15) is 24.8 Å². The van der Waals surface area contributed by atoms with Crippen molar-refractivity contribution in [3.63, 3.8) is 0 Å². The van der Waals surface area contributed by atoms with E-state index in [0.717, 1.165) is 30.2 Å². The summed E-state index contributed by atoms with van der Waals surface area (Å²) in [5.41, 5.74) is 1.04. The molecule has 0 aliphatic carbocycles. The van der Waals surface area contributed by atoms with Crippen LogP contribution >= 0.6 is 23.4 Å². The summed E-state index contributed by atoms with van der Waals surface area (Å²) in [5.74, 6) is 3.46. The first kappa shape index (κ1) is 17.5. The molecule has 0 saturated carbocycles. The molecule has 1 aromatic carbocycles. The molecule has 0 radical (unpaired) electrons. The van der Waals surface area contributed by atoms with Crippen molar-refractivity contribution in [3.05, 3.63) is 22.7 Å². The van der Waals surface area contributed by atoms with Crippen molar-refractivity contribution in [3.8, 4) is 11.5 Å². The summed E-state index contributed by atoms with van der Waals surface area (Å²) < 4.78 is 11.4. The van der Waals surface area contributed by atoms with Gasteiger partial charge in [-0.05, 0) is 36.3 Å². The van der Waals surface area contributed by atoms with E-state index in [9.17, 15) is 0 Å². The molecule has 132 valence electrons. The number of nitrogens with one attached hydrogen (secondary N) is 2. The molecule has 0 bridgehead atoms. The number of aliphatic imine (C=N–C) groups is 1. The van der Waals surface area contributed by atoms with Gasteiger partial charge in [-0.1, -0.05) is 11.6 Å². The zero-order valence-electron chi connectivity index (χ0n) is 13.9. The molecule has 0 amide bonds. The Bertz CT molecular complexity index is 591. The number of rotatable bonds is 4. The second kappa shape index (κ2) is 8.72. The minimum Gasteiger partial charge on any atom is -0.489 e. The van der Waals surface area contributed by atoms with Gasteiger partial charge in [0.15, 0.2) is 17.5 Å². The third-order valence-electron chi connectivity index (χ3n) is 4.07. The molecule has 7 heteroatoms. The van der Waals surface area contributed by atoms with E-state index in [-0.39, 0.29) is 0 Å². The lowest BCUT2D eigenvalue weighted by Gasteiger charge is -2.16. The number of fused-ring (bicyclic) bond motifs is 1. The molecule has 1 aromatic rings. The molecule has 1 saturated heterocycles. The zero-order chi connectivity index (χ0) is 16.8. The Morgan fingerprint density at radius 3 is 2.96 bits per heavy atom. The lowest BCUT2D eigenvalue weighted by Crippen LogP contribution is -2.39. The van der Waals surface area contributed by atoms with Gasteiger partial charge in [0.05, 0.1) is 18.2 Å². The maximum Gasteiger partial charge on any atom is 0.191 e. The average Bonchev–Trinajstić information content (AvgIpc) is 2.99. The van der Waals surface area contributed by atoms with Crippen LogP contribution in [0.5, 0.6) is 11.5 Å². The van der Waals surface area contributed by atoms with Gasteiger partial charge in [0.2, 0.25) is 0 Å². The van der Waals surface area contributed by atoms with E-state index < -0.39 is 0 Å². The Balaban J connectivity index is 1.56. The van der Waals surface area contributed by atoms with Gasteiger partial charge in [-0.3, -0.25) is 4.99 Å². The van der Waals surface area contributed by atoms with Gasteiger partial charge in [0.1, 0.15) is 0 Å². The van der Waals surface area contributed by atoms with E-state index in [1.807, 2.05) is 23.9 Å². The molecule has 3 rings (SSSR count). The zero-order valence-corrected chi connectivity index (χ0v) is 15.5. The first-order chi connectivity index (χ1) is 11.8. The van der Waals surface area contributed by atoms with Crippen molar-refractivity contribution < 1.29 is 9.47 Å². The summed E-state index contributed by atoms with van der Waals surface area (Å²) in [6.07, 6.45) is 3.47. The van der Waals surface area contributed by atoms with Crippen LogP contribution in [0.3, 0.4) is 0 Å². The molecule has 1 unspecified atom stereocenters. The van der Waals surface area contributed by atoms with Crippen LogP contribution in [0, 0.1) is 0 Å². The predicted octanol–water partition coefficient (Wildman–Crippen LogP) is 3.06. The van der Waals surface area contributed by atoms with Gasteiger partial charge in [-0.25, -0.2) is 0 Å². The molecule has 0 spiro atoms. The average molecular weight is 370 g/mol. The van der Waals surface area contributed by atoms with Crippen molar-refractivity contribution in [1.82, 2.24) is 10.6 Å². The fourth-order valence-electron chi connectivity index (χ4n) is 2.81. The predicted molar refractivity (Wildman–Crippen MR) is 101 cm³/mol. The van der Waals surface area contributed by atoms with E-state index >= 15 is 0 Å². The first-order valence-electron chi connectivity index (χ1n) is 8.40. The molecule has 1 atom stereocenters. The molecular weight excluding hydrogens is 346 g/mol. The Hall–Kier alpha value is -1.27. The highest BCUT2D eigenvalue weighted by Gasteiger charge is 2.17. The van der Waals surface area contributed by atoms with Gasteiger partial charge < -0.3 is 20.1 Å². The van der Waals surface area contributed by atoms with Crippen LogP contribution in [-0.4, -0.2) is 43.8 Å². The molecule has 0 aromatic heterocycles. The largest absolute Gasteiger partial charge is 0.489 e. The van der Waals surface area contributed by atoms with E-state index in [2.05, 4.69) is 15.6 Å². The van der Waals surface area contributed by atoms with Gasteiger partial charge in [-0.2, -0.15) is 11.8 Å². The fraction of sp³-hybridized carbons (Fsp3) is 0.588. The van der Waals surface area contributed by atoms with Crippen molar-refractivity contribution >= 4 is 29.3 Å². The van der Waals surface area contributed by atoms with Crippen LogP contribution in [0.4, 0.5) is 0 Å². The van der Waals surface area contributed by atoms with Gasteiger partial charge in [0, 0.05) is 31.8 Å². The van der Waals surface area contributed by atoms with Crippen molar-refractivity contribution in [2.24, 2.45) is 4.99 Å². The summed E-state index contributed by atoms with van der Waals surface area (Å²) in [4.78, 5) is 4.29. The number of hydrogen-bond donors (Lipinski definition) is 2. The quantitative estimate of drug-likeness (QED) is 0.631. The van der Waals surface area contributed by atoms with Gasteiger partial charge in [-0.15, -0.1) is 0 Å². The highest BCUT2D eigenvalue weighted by Crippen LogP contribution is 2.37. The molecule has 2 heterocycles. The summed E-state index contributed by atoms with van der Waals surface area (Å²) in [6.45, 7) is 2.88. The number of benzene rings is 1. The van der Waals surface area contributed by atoms with Crippen LogP contribution < -0.4 is 20.1 Å². The third-order valence-corrected chi connectivity index (χ3v) is 5.75. The van der Waals surface area contributed by atoms with Crippen LogP contribution in [0.25, 0.3) is 0 Å². The number of nitrogens with zero attached hydrogens (tertiary/aromatic N) is 1. The smallest absolute Gasteiger partial charge is 0.191 e. The van der Waals surface area contributed by atoms with E-state index in [1.54, 1.807) is 7.05 Å². The maximum atomic E-state index is 6.33. The highest BCUT2D eigenvalue weighted by molar-refractivity contribution is 8.00. The van der Waals surface area contributed by atoms with Crippen LogP contribution in [0.2, 0.25) is 5.02 Å². The Kier molecular flexibility index (Phi) is 6.37. The van der Waals surface area contributed by atoms with Crippen LogP contribution in [0.15, 0.2) is 17.1 Å². The van der Waals surface area contributed by atoms with Gasteiger partial charge in [0.25, 0.3) is 0 Å². The minimum absolute atomic E-state index is 0.594.